The molecule has 1 rings (SSSR count). The van der Waals surface area contributed by atoms with Crippen molar-refractivity contribution in [3.8, 4) is 5.75 Å². The average Bonchev–Trinajstić information content (AvgIpc) is 2.36. The Morgan fingerprint density at radius 1 is 1.24 bits per heavy atom. The number of hydrogen-bond donors (Lipinski definition) is 0. The molecule has 0 N–H and O–H groups in total. The molecule has 6 heteroatoms. The molecular formula is C15H23ClN4O. The first kappa shape index (κ1) is 17.7. The van der Waals surface area contributed by atoms with Gasteiger partial charge in [-0.05, 0) is 34.1 Å². The summed E-state index contributed by atoms with van der Waals surface area (Å²) in [5, 5.41) is 0.504. The second-order valence-corrected chi connectivity index (χ2v) is 6.11. The SMILES string of the molecule is [C-]#[N+]C(Oc1cc(Cl)cnc1C(C)C)C(N(C)C)N(C)C. The largest absolute Gasteiger partial charge is 0.420 e. The summed E-state index contributed by atoms with van der Waals surface area (Å²) >= 11 is 6.01. The maximum absolute atomic E-state index is 7.45. The first-order chi connectivity index (χ1) is 9.77. The van der Waals surface area contributed by atoms with E-state index < -0.39 is 6.23 Å². The van der Waals surface area contributed by atoms with Crippen LogP contribution in [0.2, 0.25) is 5.02 Å². The third kappa shape index (κ3) is 4.57. The average molecular weight is 311 g/mol. The minimum absolute atomic E-state index is 0.165. The number of ether oxygens (including phenoxy) is 1. The third-order valence-corrected chi connectivity index (χ3v) is 3.29. The van der Waals surface area contributed by atoms with Gasteiger partial charge in [-0.2, -0.15) is 0 Å². The van der Waals surface area contributed by atoms with Crippen LogP contribution in [0.1, 0.15) is 25.5 Å². The van der Waals surface area contributed by atoms with Gasteiger partial charge in [-0.15, -0.1) is 0 Å². The first-order valence-corrected chi connectivity index (χ1v) is 7.17. The second-order valence-electron chi connectivity index (χ2n) is 5.67. The van der Waals surface area contributed by atoms with Crippen LogP contribution in [0, 0.1) is 6.57 Å². The molecule has 0 saturated heterocycles. The molecule has 116 valence electrons. The molecule has 0 amide bonds. The van der Waals surface area contributed by atoms with Gasteiger partial charge in [0.2, 0.25) is 0 Å². The van der Waals surface area contributed by atoms with Crippen LogP contribution < -0.4 is 4.74 Å². The Labute approximate surface area is 132 Å². The van der Waals surface area contributed by atoms with Crippen LogP contribution in [0.25, 0.3) is 4.85 Å². The molecule has 1 atom stereocenters. The highest BCUT2D eigenvalue weighted by Crippen LogP contribution is 2.29. The normalized spacial score (nSPS) is 13.0. The van der Waals surface area contributed by atoms with Crippen LogP contribution in [-0.2, 0) is 0 Å². The van der Waals surface area contributed by atoms with E-state index in [9.17, 15) is 0 Å². The number of rotatable bonds is 6. The van der Waals surface area contributed by atoms with Crippen molar-refractivity contribution in [1.82, 2.24) is 14.8 Å². The van der Waals surface area contributed by atoms with E-state index >= 15 is 0 Å². The van der Waals surface area contributed by atoms with Crippen molar-refractivity contribution >= 4 is 11.6 Å². The van der Waals surface area contributed by atoms with Crippen LogP contribution in [0.3, 0.4) is 0 Å². The predicted molar refractivity (Wildman–Crippen MR) is 85.5 cm³/mol. The molecule has 0 fully saturated rings. The standard InChI is InChI=1S/C15H23ClN4O/c1-10(2)13-12(8-11(16)9-18-13)21-14(17-3)15(19(4)5)20(6)7/h8-10,14-15H,1-2,4-7H3. The molecule has 1 heterocycles. The number of likely N-dealkylation sites (N-methyl/N-ethyl adjacent to an activating group) is 2. The van der Waals surface area contributed by atoms with Crippen LogP contribution in [0.5, 0.6) is 5.75 Å². The quantitative estimate of drug-likeness (QED) is 0.597. The van der Waals surface area contributed by atoms with Crippen molar-refractivity contribution in [3.05, 3.63) is 34.4 Å². The van der Waals surface area contributed by atoms with E-state index in [2.05, 4.69) is 9.83 Å². The van der Waals surface area contributed by atoms with E-state index in [0.717, 1.165) is 5.69 Å². The highest BCUT2D eigenvalue weighted by atomic mass is 35.5. The van der Waals surface area contributed by atoms with Gasteiger partial charge < -0.3 is 4.74 Å². The van der Waals surface area contributed by atoms with Gasteiger partial charge in [-0.3, -0.25) is 19.6 Å². The summed E-state index contributed by atoms with van der Waals surface area (Å²) in [6.45, 7) is 11.5. The highest BCUT2D eigenvalue weighted by Gasteiger charge is 2.33. The lowest BCUT2D eigenvalue weighted by Gasteiger charge is -2.30. The predicted octanol–water partition coefficient (Wildman–Crippen LogP) is 2.93. The molecule has 0 aliphatic rings. The Hall–Kier alpha value is -1.35. The lowest BCUT2D eigenvalue weighted by Crippen LogP contribution is -2.50. The summed E-state index contributed by atoms with van der Waals surface area (Å²) in [6, 6.07) is 1.73. The Kier molecular flexibility index (Phi) is 6.41. The summed E-state index contributed by atoms with van der Waals surface area (Å²) in [4.78, 5) is 11.9. The molecule has 0 aromatic carbocycles. The topological polar surface area (TPSA) is 33.0 Å². The molecule has 0 aliphatic carbocycles. The Morgan fingerprint density at radius 2 is 1.81 bits per heavy atom. The van der Waals surface area contributed by atoms with Crippen LogP contribution >= 0.6 is 11.6 Å². The molecule has 0 radical (unpaired) electrons. The van der Waals surface area contributed by atoms with Gasteiger partial charge in [-0.25, -0.2) is 6.57 Å². The van der Waals surface area contributed by atoms with Gasteiger partial charge in [0.1, 0.15) is 0 Å². The van der Waals surface area contributed by atoms with Crippen molar-refractivity contribution in [2.45, 2.75) is 32.2 Å². The van der Waals surface area contributed by atoms with Gasteiger partial charge >= 0.3 is 6.23 Å². The van der Waals surface area contributed by atoms with Gasteiger partial charge in [0.05, 0.1) is 10.7 Å². The van der Waals surface area contributed by atoms with Crippen molar-refractivity contribution < 1.29 is 4.74 Å². The van der Waals surface area contributed by atoms with Crippen molar-refractivity contribution in [1.29, 1.82) is 0 Å². The lowest BCUT2D eigenvalue weighted by atomic mass is 10.1. The van der Waals surface area contributed by atoms with Crippen LogP contribution in [0.15, 0.2) is 12.3 Å². The minimum atomic E-state index is -0.659. The molecule has 1 aromatic rings. The third-order valence-electron chi connectivity index (χ3n) is 3.08. The van der Waals surface area contributed by atoms with Gasteiger partial charge in [-0.1, -0.05) is 25.4 Å². The fraction of sp³-hybridized carbons (Fsp3) is 0.600. The van der Waals surface area contributed by atoms with E-state index in [1.54, 1.807) is 12.3 Å². The number of halogens is 1. The molecule has 21 heavy (non-hydrogen) atoms. The summed E-state index contributed by atoms with van der Waals surface area (Å²) in [7, 11) is 7.69. The van der Waals surface area contributed by atoms with Gasteiger partial charge in [0, 0.05) is 12.3 Å². The molecule has 0 spiro atoms. The fourth-order valence-electron chi connectivity index (χ4n) is 2.22. The summed E-state index contributed by atoms with van der Waals surface area (Å²) in [5.74, 6) is 0.771. The maximum atomic E-state index is 7.45. The van der Waals surface area contributed by atoms with Crippen LogP contribution in [-0.4, -0.2) is 55.4 Å². The lowest BCUT2D eigenvalue weighted by molar-refractivity contribution is 0.0351. The summed E-state index contributed by atoms with van der Waals surface area (Å²) < 4.78 is 5.94. The van der Waals surface area contributed by atoms with E-state index in [-0.39, 0.29) is 12.1 Å². The Morgan fingerprint density at radius 3 is 2.24 bits per heavy atom. The van der Waals surface area contributed by atoms with Crippen molar-refractivity contribution in [2.75, 3.05) is 28.2 Å². The Balaban J connectivity index is 3.12. The van der Waals surface area contributed by atoms with Crippen molar-refractivity contribution in [3.63, 3.8) is 0 Å². The van der Waals surface area contributed by atoms with Crippen molar-refractivity contribution in [2.24, 2.45) is 0 Å². The molecule has 1 aromatic heterocycles. The Bertz CT molecular complexity index is 503. The highest BCUT2D eigenvalue weighted by molar-refractivity contribution is 6.30. The van der Waals surface area contributed by atoms with Crippen LogP contribution in [0.4, 0.5) is 0 Å². The summed E-state index contributed by atoms with van der Waals surface area (Å²) in [5.41, 5.74) is 0.810. The maximum Gasteiger partial charge on any atom is 0.395 e. The summed E-state index contributed by atoms with van der Waals surface area (Å²) in [6.07, 6.45) is 0.778. The van der Waals surface area contributed by atoms with E-state index in [4.69, 9.17) is 22.9 Å². The fourth-order valence-corrected chi connectivity index (χ4v) is 2.36. The van der Waals surface area contributed by atoms with Gasteiger partial charge in [0.15, 0.2) is 11.9 Å². The molecule has 1 unspecified atom stereocenters. The number of hydrogen-bond acceptors (Lipinski definition) is 4. The smallest absolute Gasteiger partial charge is 0.395 e. The molecule has 0 aliphatic heterocycles. The van der Waals surface area contributed by atoms with E-state index in [1.807, 2.05) is 51.8 Å². The molecule has 0 bridgehead atoms. The zero-order valence-corrected chi connectivity index (χ0v) is 14.2. The molecular weight excluding hydrogens is 288 g/mol. The number of pyridine rings is 1. The number of nitrogens with zero attached hydrogens (tertiary/aromatic N) is 4. The second kappa shape index (κ2) is 7.60. The monoisotopic (exact) mass is 310 g/mol. The molecule has 5 nitrogen and oxygen atoms in total. The number of aromatic nitrogens is 1. The first-order valence-electron chi connectivity index (χ1n) is 6.79. The van der Waals surface area contributed by atoms with E-state index in [1.165, 1.54) is 0 Å². The molecule has 0 saturated carbocycles. The zero-order valence-electron chi connectivity index (χ0n) is 13.5. The zero-order chi connectivity index (χ0) is 16.2. The van der Waals surface area contributed by atoms with E-state index in [0.29, 0.717) is 10.8 Å². The minimum Gasteiger partial charge on any atom is -0.420 e. The van der Waals surface area contributed by atoms with Gasteiger partial charge in [0.25, 0.3) is 0 Å².